The minimum atomic E-state index is 0.543. The Bertz CT molecular complexity index is 522. The molecule has 0 aliphatic heterocycles. The van der Waals surface area contributed by atoms with Gasteiger partial charge in [-0.05, 0) is 36.3 Å². The normalized spacial score (nSPS) is 12.9. The third kappa shape index (κ3) is 5.59. The van der Waals surface area contributed by atoms with Crippen molar-refractivity contribution in [2.24, 2.45) is 5.92 Å². The molecule has 2 aromatic rings. The quantitative estimate of drug-likeness (QED) is 0.544. The Hall–Kier alpha value is -1.82. The van der Waals surface area contributed by atoms with Gasteiger partial charge in [0.1, 0.15) is 0 Å². The molecule has 0 spiro atoms. The zero-order valence-corrected chi connectivity index (χ0v) is 13.2. The summed E-state index contributed by atoms with van der Waals surface area (Å²) in [5, 5.41) is 0. The van der Waals surface area contributed by atoms with E-state index in [9.17, 15) is 0 Å². The van der Waals surface area contributed by atoms with Crippen molar-refractivity contribution in [3.63, 3.8) is 0 Å². The predicted molar refractivity (Wildman–Crippen MR) is 92.5 cm³/mol. The maximum atomic E-state index is 2.40. The van der Waals surface area contributed by atoms with Crippen LogP contribution in [-0.4, -0.2) is 0 Å². The van der Waals surface area contributed by atoms with Gasteiger partial charge in [0.25, 0.3) is 0 Å². The van der Waals surface area contributed by atoms with Crippen LogP contribution in [0.2, 0.25) is 0 Å². The summed E-state index contributed by atoms with van der Waals surface area (Å²) in [4.78, 5) is 0. The molecule has 0 N–H and O–H groups in total. The fraction of sp³-hybridized carbons (Fsp3) is 0.333. The van der Waals surface area contributed by atoms with E-state index < -0.39 is 0 Å². The van der Waals surface area contributed by atoms with Crippen molar-refractivity contribution in [2.45, 2.75) is 39.0 Å². The van der Waals surface area contributed by atoms with E-state index >= 15 is 0 Å². The molecule has 2 rings (SSSR count). The van der Waals surface area contributed by atoms with Crippen LogP contribution in [0.25, 0.3) is 0 Å². The fourth-order valence-corrected chi connectivity index (χ4v) is 2.69. The summed E-state index contributed by atoms with van der Waals surface area (Å²) in [5.41, 5.74) is 2.85. The fourth-order valence-electron chi connectivity index (χ4n) is 2.69. The van der Waals surface area contributed by atoms with Crippen molar-refractivity contribution < 1.29 is 0 Å². The van der Waals surface area contributed by atoms with Crippen molar-refractivity contribution in [3.8, 4) is 0 Å². The SMILES string of the molecule is CC(C)CC(/C=C/CCc1ccccc1)c1ccccc1. The molecule has 0 fully saturated rings. The lowest BCUT2D eigenvalue weighted by molar-refractivity contribution is 0.549. The third-order valence-electron chi connectivity index (χ3n) is 3.76. The average Bonchev–Trinajstić information content (AvgIpc) is 2.52. The smallest absolute Gasteiger partial charge is 0.00204 e. The zero-order chi connectivity index (χ0) is 14.9. The monoisotopic (exact) mass is 278 g/mol. The lowest BCUT2D eigenvalue weighted by Gasteiger charge is -2.15. The number of aryl methyl sites for hydroxylation is 1. The highest BCUT2D eigenvalue weighted by Crippen LogP contribution is 2.25. The molecule has 0 radical (unpaired) electrons. The van der Waals surface area contributed by atoms with E-state index in [1.807, 2.05) is 0 Å². The highest BCUT2D eigenvalue weighted by Gasteiger charge is 2.09. The minimum Gasteiger partial charge on any atom is -0.0876 e. The second-order valence-corrected chi connectivity index (χ2v) is 6.10. The highest BCUT2D eigenvalue weighted by molar-refractivity contribution is 5.24. The first kappa shape index (κ1) is 15.6. The van der Waals surface area contributed by atoms with Gasteiger partial charge in [-0.15, -0.1) is 0 Å². The third-order valence-corrected chi connectivity index (χ3v) is 3.76. The van der Waals surface area contributed by atoms with Crippen molar-refractivity contribution in [2.75, 3.05) is 0 Å². The molecule has 0 aromatic heterocycles. The molecule has 1 atom stereocenters. The molecule has 0 nitrogen and oxygen atoms in total. The standard InChI is InChI=1S/C21H26/c1-18(2)17-21(20-14-7-4-8-15-20)16-10-9-13-19-11-5-3-6-12-19/h3-8,10-12,14-16,18,21H,9,13,17H2,1-2H3/b16-10+. The second kappa shape index (κ2) is 8.46. The lowest BCUT2D eigenvalue weighted by Crippen LogP contribution is -2.00. The maximum absolute atomic E-state index is 2.40. The zero-order valence-electron chi connectivity index (χ0n) is 13.2. The van der Waals surface area contributed by atoms with E-state index in [1.54, 1.807) is 0 Å². The number of hydrogen-bond donors (Lipinski definition) is 0. The predicted octanol–water partition coefficient (Wildman–Crippen LogP) is 6.01. The first-order chi connectivity index (χ1) is 10.3. The van der Waals surface area contributed by atoms with Crippen molar-refractivity contribution in [1.82, 2.24) is 0 Å². The summed E-state index contributed by atoms with van der Waals surface area (Å²) >= 11 is 0. The molecule has 21 heavy (non-hydrogen) atoms. The summed E-state index contributed by atoms with van der Waals surface area (Å²) in [6.45, 7) is 4.60. The summed E-state index contributed by atoms with van der Waals surface area (Å²) in [6.07, 6.45) is 8.21. The number of benzene rings is 2. The molecule has 1 unspecified atom stereocenters. The summed E-state index contributed by atoms with van der Waals surface area (Å²) < 4.78 is 0. The molecule has 0 aliphatic rings. The Labute approximate surface area is 129 Å². The van der Waals surface area contributed by atoms with E-state index in [0.29, 0.717) is 11.8 Å². The van der Waals surface area contributed by atoms with Gasteiger partial charge in [-0.25, -0.2) is 0 Å². The first-order valence-electron chi connectivity index (χ1n) is 8.01. The Morgan fingerprint density at radius 3 is 2.10 bits per heavy atom. The highest BCUT2D eigenvalue weighted by atomic mass is 14.1. The minimum absolute atomic E-state index is 0.543. The average molecular weight is 278 g/mol. The maximum Gasteiger partial charge on any atom is 0.00204 e. The molecule has 2 aromatic carbocycles. The molecular formula is C21H26. The van der Waals surface area contributed by atoms with Gasteiger partial charge in [0.05, 0.1) is 0 Å². The molecule has 0 heteroatoms. The molecule has 0 amide bonds. The molecular weight excluding hydrogens is 252 g/mol. The van der Waals surface area contributed by atoms with Crippen molar-refractivity contribution in [1.29, 1.82) is 0 Å². The Morgan fingerprint density at radius 2 is 1.48 bits per heavy atom. The van der Waals surface area contributed by atoms with E-state index in [4.69, 9.17) is 0 Å². The Kier molecular flexibility index (Phi) is 6.27. The number of allylic oxidation sites excluding steroid dienone is 2. The van der Waals surface area contributed by atoms with Crippen LogP contribution >= 0.6 is 0 Å². The molecule has 0 heterocycles. The molecule has 0 saturated heterocycles. The summed E-state index contributed by atoms with van der Waals surface area (Å²) in [6, 6.07) is 21.6. The van der Waals surface area contributed by atoms with Crippen molar-refractivity contribution in [3.05, 3.63) is 83.9 Å². The molecule has 0 bridgehead atoms. The Balaban J connectivity index is 1.94. The topological polar surface area (TPSA) is 0 Å². The van der Waals surface area contributed by atoms with Crippen molar-refractivity contribution >= 4 is 0 Å². The van der Waals surface area contributed by atoms with Crippen LogP contribution in [0.1, 0.15) is 43.7 Å². The van der Waals surface area contributed by atoms with Crippen LogP contribution in [-0.2, 0) is 6.42 Å². The first-order valence-corrected chi connectivity index (χ1v) is 8.01. The van der Waals surface area contributed by atoms with E-state index in [0.717, 1.165) is 12.8 Å². The van der Waals surface area contributed by atoms with Crippen LogP contribution in [0.15, 0.2) is 72.8 Å². The second-order valence-electron chi connectivity index (χ2n) is 6.10. The molecule has 110 valence electrons. The van der Waals surface area contributed by atoms with E-state index in [2.05, 4.69) is 86.7 Å². The van der Waals surface area contributed by atoms with E-state index in [-0.39, 0.29) is 0 Å². The van der Waals surface area contributed by atoms with Crippen LogP contribution in [0.4, 0.5) is 0 Å². The van der Waals surface area contributed by atoms with Crippen LogP contribution < -0.4 is 0 Å². The van der Waals surface area contributed by atoms with Gasteiger partial charge < -0.3 is 0 Å². The summed E-state index contributed by atoms with van der Waals surface area (Å²) in [5.74, 6) is 1.26. The van der Waals surface area contributed by atoms with Gasteiger partial charge >= 0.3 is 0 Å². The van der Waals surface area contributed by atoms with Gasteiger partial charge in [-0.2, -0.15) is 0 Å². The van der Waals surface area contributed by atoms with Gasteiger partial charge in [-0.1, -0.05) is 86.7 Å². The summed E-state index contributed by atoms with van der Waals surface area (Å²) in [7, 11) is 0. The largest absolute Gasteiger partial charge is 0.0876 e. The lowest BCUT2D eigenvalue weighted by atomic mass is 9.89. The van der Waals surface area contributed by atoms with Gasteiger partial charge in [0.15, 0.2) is 0 Å². The van der Waals surface area contributed by atoms with Crippen LogP contribution in [0.5, 0.6) is 0 Å². The van der Waals surface area contributed by atoms with Gasteiger partial charge in [0, 0.05) is 5.92 Å². The van der Waals surface area contributed by atoms with E-state index in [1.165, 1.54) is 17.5 Å². The number of hydrogen-bond acceptors (Lipinski definition) is 0. The molecule has 0 aliphatic carbocycles. The number of rotatable bonds is 7. The van der Waals surface area contributed by atoms with Gasteiger partial charge in [0.2, 0.25) is 0 Å². The molecule has 0 saturated carbocycles. The van der Waals surface area contributed by atoms with Crippen LogP contribution in [0, 0.1) is 5.92 Å². The van der Waals surface area contributed by atoms with Crippen LogP contribution in [0.3, 0.4) is 0 Å². The van der Waals surface area contributed by atoms with Gasteiger partial charge in [-0.3, -0.25) is 0 Å². The Morgan fingerprint density at radius 1 is 0.857 bits per heavy atom.